The van der Waals surface area contributed by atoms with Crippen molar-refractivity contribution in [3.8, 4) is 0 Å². The van der Waals surface area contributed by atoms with Crippen LogP contribution >= 0.6 is 15.9 Å². The average molecular weight is 451 g/mol. The number of amides is 2. The molecule has 3 N–H and O–H groups in total. The van der Waals surface area contributed by atoms with Crippen LogP contribution in [0.3, 0.4) is 0 Å². The van der Waals surface area contributed by atoms with Gasteiger partial charge in [0.2, 0.25) is 0 Å². The summed E-state index contributed by atoms with van der Waals surface area (Å²) in [4.78, 5) is 12.7. The molecule has 0 radical (unpaired) electrons. The summed E-state index contributed by atoms with van der Waals surface area (Å²) in [6.45, 7) is 1.94. The largest absolute Gasteiger partial charge is 0.328 e. The first-order valence-corrected chi connectivity index (χ1v) is 9.88. The molecule has 1 aliphatic carbocycles. The zero-order chi connectivity index (χ0) is 20.3. The van der Waals surface area contributed by atoms with E-state index < -0.39 is 5.54 Å². The number of hydrogen-bond donors (Lipinski definition) is 3. The molecule has 0 aliphatic heterocycles. The second kappa shape index (κ2) is 8.00. The van der Waals surface area contributed by atoms with Crippen LogP contribution in [0.2, 0.25) is 0 Å². The van der Waals surface area contributed by atoms with Crippen molar-refractivity contribution in [2.75, 3.05) is 5.32 Å². The van der Waals surface area contributed by atoms with Gasteiger partial charge in [-0.25, -0.2) is 9.89 Å². The minimum atomic E-state index is -0.731. The average Bonchev–Trinajstić information content (AvgIpc) is 3.25. The van der Waals surface area contributed by atoms with Gasteiger partial charge in [0.25, 0.3) is 0 Å². The number of carbonyl (C=O) groups is 1. The zero-order valence-corrected chi connectivity index (χ0v) is 17.2. The molecule has 1 aromatic heterocycles. The molecule has 1 heterocycles. The number of para-hydroxylation sites is 1. The Balaban J connectivity index is 1.61. The molecule has 29 heavy (non-hydrogen) atoms. The van der Waals surface area contributed by atoms with Crippen LogP contribution in [0, 0.1) is 0 Å². The van der Waals surface area contributed by atoms with Gasteiger partial charge >= 0.3 is 6.03 Å². The standard InChI is InChI=1S/C21H19BrN6O/c1-21(24-20(29)23-18-10-6-5-9-17(18)22)12-11-15(14-7-3-2-4-8-14)13-16(21)19-25-27-28-26-19/h2-13,16H,1H3,(H2,23,24,29)(H,25,26,27,28). The van der Waals surface area contributed by atoms with E-state index in [4.69, 9.17) is 0 Å². The normalized spacial score (nSPS) is 20.8. The number of benzene rings is 2. The van der Waals surface area contributed by atoms with E-state index >= 15 is 0 Å². The SMILES string of the molecule is CC1(NC(=O)Nc2ccccc2Br)C=CC(c2ccccc2)=CC1c1nnn[nH]1. The zero-order valence-electron chi connectivity index (χ0n) is 15.6. The second-order valence-electron chi connectivity index (χ2n) is 6.93. The molecule has 7 nitrogen and oxygen atoms in total. The molecule has 4 rings (SSSR count). The number of urea groups is 1. The number of aromatic amines is 1. The van der Waals surface area contributed by atoms with Crippen molar-refractivity contribution in [1.82, 2.24) is 25.9 Å². The summed E-state index contributed by atoms with van der Waals surface area (Å²) in [6, 6.07) is 17.2. The highest BCUT2D eigenvalue weighted by Crippen LogP contribution is 2.36. The van der Waals surface area contributed by atoms with Gasteiger partial charge in [-0.1, -0.05) is 60.7 Å². The number of rotatable bonds is 4. The highest BCUT2D eigenvalue weighted by Gasteiger charge is 2.38. The number of nitrogens with one attached hydrogen (secondary N) is 3. The first kappa shape index (κ1) is 19.1. The first-order valence-electron chi connectivity index (χ1n) is 9.09. The van der Waals surface area contributed by atoms with Gasteiger partial charge in [0, 0.05) is 4.47 Å². The molecule has 0 fully saturated rings. The molecule has 0 spiro atoms. The van der Waals surface area contributed by atoms with E-state index in [1.54, 1.807) is 0 Å². The predicted molar refractivity (Wildman–Crippen MR) is 115 cm³/mol. The third kappa shape index (κ3) is 4.12. The number of halogens is 1. The van der Waals surface area contributed by atoms with Crippen LogP contribution in [-0.4, -0.2) is 32.2 Å². The number of anilines is 1. The van der Waals surface area contributed by atoms with E-state index in [-0.39, 0.29) is 11.9 Å². The maximum Gasteiger partial charge on any atom is 0.319 e. The van der Waals surface area contributed by atoms with E-state index in [0.717, 1.165) is 15.6 Å². The van der Waals surface area contributed by atoms with Crippen molar-refractivity contribution in [2.45, 2.75) is 18.4 Å². The molecule has 0 bridgehead atoms. The van der Waals surface area contributed by atoms with Crippen molar-refractivity contribution in [3.63, 3.8) is 0 Å². The molecule has 146 valence electrons. The first-order chi connectivity index (χ1) is 14.0. The fourth-order valence-electron chi connectivity index (χ4n) is 3.34. The smallest absolute Gasteiger partial charge is 0.319 e. The second-order valence-corrected chi connectivity index (χ2v) is 7.78. The van der Waals surface area contributed by atoms with Gasteiger partial charge in [0.15, 0.2) is 5.82 Å². The van der Waals surface area contributed by atoms with Crippen molar-refractivity contribution in [3.05, 3.63) is 88.7 Å². The Bertz CT molecular complexity index is 1060. The van der Waals surface area contributed by atoms with Gasteiger partial charge in [-0.3, -0.25) is 0 Å². The fraction of sp³-hybridized carbons (Fsp3) is 0.143. The summed E-state index contributed by atoms with van der Waals surface area (Å²) in [5, 5.41) is 20.3. The molecule has 3 aromatic rings. The topological polar surface area (TPSA) is 95.6 Å². The minimum Gasteiger partial charge on any atom is -0.328 e. The van der Waals surface area contributed by atoms with Crippen LogP contribution in [0.4, 0.5) is 10.5 Å². The van der Waals surface area contributed by atoms with Crippen molar-refractivity contribution in [2.24, 2.45) is 0 Å². The van der Waals surface area contributed by atoms with Gasteiger partial charge < -0.3 is 10.6 Å². The highest BCUT2D eigenvalue weighted by molar-refractivity contribution is 9.10. The number of carbonyl (C=O) groups excluding carboxylic acids is 1. The molecule has 1 aliphatic rings. The molecular formula is C21H19BrN6O. The number of allylic oxidation sites excluding steroid dienone is 2. The Morgan fingerprint density at radius 3 is 2.62 bits per heavy atom. The van der Waals surface area contributed by atoms with Gasteiger partial charge in [-0.15, -0.1) is 5.10 Å². The van der Waals surface area contributed by atoms with E-state index in [9.17, 15) is 4.79 Å². The molecule has 0 saturated carbocycles. The number of hydrogen-bond acceptors (Lipinski definition) is 4. The summed E-state index contributed by atoms with van der Waals surface area (Å²) in [5.41, 5.74) is 2.08. The van der Waals surface area contributed by atoms with Crippen molar-refractivity contribution < 1.29 is 4.79 Å². The minimum absolute atomic E-state index is 0.275. The Kier molecular flexibility index (Phi) is 5.26. The van der Waals surface area contributed by atoms with Gasteiger partial charge in [0.05, 0.1) is 17.1 Å². The Labute approximate surface area is 176 Å². The fourth-order valence-corrected chi connectivity index (χ4v) is 3.72. The predicted octanol–water partition coefficient (Wildman–Crippen LogP) is 4.28. The van der Waals surface area contributed by atoms with Gasteiger partial charge in [-0.05, 0) is 56.5 Å². The van der Waals surface area contributed by atoms with Crippen LogP contribution < -0.4 is 10.6 Å². The molecular weight excluding hydrogens is 432 g/mol. The third-order valence-corrected chi connectivity index (χ3v) is 5.56. The number of tetrazole rings is 1. The summed E-state index contributed by atoms with van der Waals surface area (Å²) >= 11 is 3.44. The van der Waals surface area contributed by atoms with E-state index in [1.807, 2.05) is 73.7 Å². The van der Waals surface area contributed by atoms with Crippen LogP contribution in [0.15, 0.2) is 77.3 Å². The molecule has 2 amide bonds. The Hall–Kier alpha value is -3.26. The monoisotopic (exact) mass is 450 g/mol. The summed E-state index contributed by atoms with van der Waals surface area (Å²) < 4.78 is 0.807. The third-order valence-electron chi connectivity index (χ3n) is 4.87. The summed E-state index contributed by atoms with van der Waals surface area (Å²) in [5.74, 6) is 0.300. The van der Waals surface area contributed by atoms with Crippen LogP contribution in [0.5, 0.6) is 0 Å². The van der Waals surface area contributed by atoms with Crippen LogP contribution in [-0.2, 0) is 0 Å². The summed E-state index contributed by atoms with van der Waals surface area (Å²) in [7, 11) is 0. The lowest BCUT2D eigenvalue weighted by Gasteiger charge is -2.36. The lowest BCUT2D eigenvalue weighted by Crippen LogP contribution is -2.51. The van der Waals surface area contributed by atoms with Crippen LogP contribution in [0.1, 0.15) is 24.2 Å². The Morgan fingerprint density at radius 2 is 1.90 bits per heavy atom. The molecule has 2 atom stereocenters. The number of aromatic nitrogens is 4. The summed E-state index contributed by atoms with van der Waals surface area (Å²) in [6.07, 6.45) is 6.05. The molecule has 0 saturated heterocycles. The maximum absolute atomic E-state index is 12.7. The van der Waals surface area contributed by atoms with Crippen LogP contribution in [0.25, 0.3) is 5.57 Å². The van der Waals surface area contributed by atoms with E-state index in [1.165, 1.54) is 0 Å². The van der Waals surface area contributed by atoms with Crippen molar-refractivity contribution >= 4 is 33.2 Å². The number of nitrogens with zero attached hydrogens (tertiary/aromatic N) is 3. The lowest BCUT2D eigenvalue weighted by atomic mass is 9.78. The molecule has 8 heteroatoms. The Morgan fingerprint density at radius 1 is 1.14 bits per heavy atom. The maximum atomic E-state index is 12.7. The quantitative estimate of drug-likeness (QED) is 0.552. The molecule has 2 aromatic carbocycles. The molecule has 2 unspecified atom stereocenters. The van der Waals surface area contributed by atoms with E-state index in [0.29, 0.717) is 11.5 Å². The lowest BCUT2D eigenvalue weighted by molar-refractivity contribution is 0.242. The van der Waals surface area contributed by atoms with Gasteiger partial charge in [-0.2, -0.15) is 0 Å². The van der Waals surface area contributed by atoms with E-state index in [2.05, 4.69) is 53.3 Å². The highest BCUT2D eigenvalue weighted by atomic mass is 79.9. The van der Waals surface area contributed by atoms with Gasteiger partial charge in [0.1, 0.15) is 0 Å². The number of H-pyrrole nitrogens is 1. The van der Waals surface area contributed by atoms with Crippen molar-refractivity contribution in [1.29, 1.82) is 0 Å².